The second-order valence-electron chi connectivity index (χ2n) is 5.95. The third-order valence-corrected chi connectivity index (χ3v) is 4.52. The topological polar surface area (TPSA) is 63.8 Å². The van der Waals surface area contributed by atoms with Crippen LogP contribution in [0.1, 0.15) is 43.6 Å². The molecule has 3 rings (SSSR count). The molecule has 0 amide bonds. The predicted octanol–water partition coefficient (Wildman–Crippen LogP) is 2.90. The predicted molar refractivity (Wildman–Crippen MR) is 80.8 cm³/mol. The molecule has 0 atom stereocenters. The zero-order valence-corrected chi connectivity index (χ0v) is 12.7. The van der Waals surface area contributed by atoms with Gasteiger partial charge in [0, 0.05) is 18.2 Å². The van der Waals surface area contributed by atoms with Gasteiger partial charge in [-0.2, -0.15) is 4.98 Å². The molecule has 112 valence electrons. The molecule has 0 radical (unpaired) electrons. The van der Waals surface area contributed by atoms with Crippen molar-refractivity contribution in [3.63, 3.8) is 0 Å². The fourth-order valence-electron chi connectivity index (χ4n) is 3.18. The molecule has 5 nitrogen and oxygen atoms in total. The maximum Gasteiger partial charge on any atom is 0.228 e. The summed E-state index contributed by atoms with van der Waals surface area (Å²) in [5.74, 6) is 1.29. The Labute approximate surface area is 125 Å². The highest BCUT2D eigenvalue weighted by Crippen LogP contribution is 2.31. The molecule has 0 aliphatic heterocycles. The van der Waals surface area contributed by atoms with Crippen molar-refractivity contribution in [1.29, 1.82) is 0 Å². The van der Waals surface area contributed by atoms with E-state index in [0.717, 1.165) is 17.7 Å². The summed E-state index contributed by atoms with van der Waals surface area (Å²) in [5.41, 5.74) is 1.97. The van der Waals surface area contributed by atoms with Crippen LogP contribution in [0.2, 0.25) is 0 Å². The van der Waals surface area contributed by atoms with E-state index in [1.54, 1.807) is 6.20 Å². The number of aromatic nitrogens is 3. The molecule has 1 aliphatic rings. The van der Waals surface area contributed by atoms with Crippen molar-refractivity contribution in [3.8, 4) is 11.5 Å². The zero-order valence-electron chi connectivity index (χ0n) is 12.7. The van der Waals surface area contributed by atoms with Crippen molar-refractivity contribution in [2.24, 2.45) is 0 Å². The fourth-order valence-corrected chi connectivity index (χ4v) is 3.18. The molecule has 0 saturated heterocycles. The maximum absolute atomic E-state index is 5.46. The van der Waals surface area contributed by atoms with Gasteiger partial charge in [0.25, 0.3) is 0 Å². The molecule has 2 aromatic rings. The van der Waals surface area contributed by atoms with Crippen molar-refractivity contribution in [1.82, 2.24) is 20.4 Å². The first kappa shape index (κ1) is 14.2. The number of rotatable bonds is 4. The molecule has 0 unspecified atom stereocenters. The van der Waals surface area contributed by atoms with Crippen molar-refractivity contribution >= 4 is 0 Å². The average molecular weight is 286 g/mol. The van der Waals surface area contributed by atoms with Crippen LogP contribution in [-0.2, 0) is 6.42 Å². The minimum atomic E-state index is 0.112. The lowest BCUT2D eigenvalue weighted by molar-refractivity contribution is 0.221. The number of aryl methyl sites for hydroxylation is 1. The van der Waals surface area contributed by atoms with Gasteiger partial charge >= 0.3 is 0 Å². The highest BCUT2D eigenvalue weighted by atomic mass is 16.5. The first-order valence-electron chi connectivity index (χ1n) is 7.66. The Bertz CT molecular complexity index is 602. The molecular formula is C16H22N4O. The highest BCUT2D eigenvalue weighted by Gasteiger charge is 2.32. The first-order valence-corrected chi connectivity index (χ1v) is 7.66. The molecule has 0 bridgehead atoms. The Balaban J connectivity index is 1.80. The quantitative estimate of drug-likeness (QED) is 0.936. The number of pyridine rings is 1. The third kappa shape index (κ3) is 2.97. The lowest BCUT2D eigenvalue weighted by Gasteiger charge is -2.36. The van der Waals surface area contributed by atoms with Crippen molar-refractivity contribution < 1.29 is 4.52 Å². The van der Waals surface area contributed by atoms with E-state index in [4.69, 9.17) is 4.52 Å². The van der Waals surface area contributed by atoms with E-state index >= 15 is 0 Å². The summed E-state index contributed by atoms with van der Waals surface area (Å²) in [6.07, 6.45) is 8.75. The smallest absolute Gasteiger partial charge is 0.228 e. The van der Waals surface area contributed by atoms with Gasteiger partial charge in [-0.3, -0.25) is 4.98 Å². The Kier molecular flexibility index (Phi) is 4.01. The van der Waals surface area contributed by atoms with Crippen LogP contribution in [-0.4, -0.2) is 27.7 Å². The molecule has 1 aliphatic carbocycles. The summed E-state index contributed by atoms with van der Waals surface area (Å²) in [5, 5.41) is 7.58. The minimum absolute atomic E-state index is 0.112. The van der Waals surface area contributed by atoms with Gasteiger partial charge in [-0.15, -0.1) is 0 Å². The third-order valence-electron chi connectivity index (χ3n) is 4.52. The molecular weight excluding hydrogens is 264 g/mol. The van der Waals surface area contributed by atoms with Crippen molar-refractivity contribution in [3.05, 3.63) is 29.8 Å². The molecule has 1 saturated carbocycles. The van der Waals surface area contributed by atoms with E-state index in [1.807, 2.05) is 26.1 Å². The van der Waals surface area contributed by atoms with Crippen LogP contribution in [0, 0.1) is 6.92 Å². The normalized spacial score (nSPS) is 17.8. The van der Waals surface area contributed by atoms with E-state index in [-0.39, 0.29) is 5.54 Å². The van der Waals surface area contributed by atoms with Gasteiger partial charge in [-0.05, 0) is 38.4 Å². The molecule has 5 heteroatoms. The van der Waals surface area contributed by atoms with Crippen LogP contribution in [0.3, 0.4) is 0 Å². The molecule has 0 aromatic carbocycles. The second kappa shape index (κ2) is 5.93. The van der Waals surface area contributed by atoms with Crippen molar-refractivity contribution in [2.45, 2.75) is 51.0 Å². The van der Waals surface area contributed by atoms with Gasteiger partial charge < -0.3 is 9.84 Å². The highest BCUT2D eigenvalue weighted by molar-refractivity contribution is 5.53. The summed E-state index contributed by atoms with van der Waals surface area (Å²) in [4.78, 5) is 8.89. The molecule has 2 heterocycles. The van der Waals surface area contributed by atoms with Crippen molar-refractivity contribution in [2.75, 3.05) is 7.05 Å². The fraction of sp³-hybridized carbons (Fsp3) is 0.562. The Morgan fingerprint density at radius 1 is 1.29 bits per heavy atom. The van der Waals surface area contributed by atoms with Gasteiger partial charge in [-0.25, -0.2) is 0 Å². The monoisotopic (exact) mass is 286 g/mol. The SMILES string of the molecule is CNC1(Cc2nc(-c3ncccc3C)no2)CCCCC1. The summed E-state index contributed by atoms with van der Waals surface area (Å²) in [6.45, 7) is 2.01. The Morgan fingerprint density at radius 2 is 2.10 bits per heavy atom. The van der Waals surface area contributed by atoms with Gasteiger partial charge in [0.05, 0.1) is 0 Å². The number of hydrogen-bond acceptors (Lipinski definition) is 5. The average Bonchev–Trinajstić information content (AvgIpc) is 2.97. The zero-order chi connectivity index (χ0) is 14.7. The lowest BCUT2D eigenvalue weighted by Crippen LogP contribution is -2.46. The largest absolute Gasteiger partial charge is 0.339 e. The lowest BCUT2D eigenvalue weighted by atomic mass is 9.79. The van der Waals surface area contributed by atoms with E-state index in [9.17, 15) is 0 Å². The molecule has 1 fully saturated rings. The van der Waals surface area contributed by atoms with Crippen LogP contribution in [0.15, 0.2) is 22.9 Å². The van der Waals surface area contributed by atoms with E-state index < -0.39 is 0 Å². The Morgan fingerprint density at radius 3 is 2.81 bits per heavy atom. The minimum Gasteiger partial charge on any atom is -0.339 e. The van der Waals surface area contributed by atoms with Gasteiger partial charge in [0.2, 0.25) is 11.7 Å². The molecule has 21 heavy (non-hydrogen) atoms. The number of nitrogens with zero attached hydrogens (tertiary/aromatic N) is 3. The molecule has 0 spiro atoms. The number of hydrogen-bond donors (Lipinski definition) is 1. The number of nitrogens with one attached hydrogen (secondary N) is 1. The van der Waals surface area contributed by atoms with Gasteiger partial charge in [0.15, 0.2) is 0 Å². The van der Waals surface area contributed by atoms with Crippen LogP contribution < -0.4 is 5.32 Å². The second-order valence-corrected chi connectivity index (χ2v) is 5.95. The van der Waals surface area contributed by atoms with E-state index in [0.29, 0.717) is 11.7 Å². The standard InChI is InChI=1S/C16H22N4O/c1-12-7-6-10-18-14(12)15-19-13(21-20-15)11-16(17-2)8-4-3-5-9-16/h6-7,10,17H,3-5,8-9,11H2,1-2H3. The summed E-state index contributed by atoms with van der Waals surface area (Å²) >= 11 is 0. The molecule has 2 aromatic heterocycles. The maximum atomic E-state index is 5.46. The van der Waals surface area contributed by atoms with Crippen LogP contribution in [0.5, 0.6) is 0 Å². The number of likely N-dealkylation sites (N-methyl/N-ethyl adjacent to an activating group) is 1. The van der Waals surface area contributed by atoms with Crippen LogP contribution >= 0.6 is 0 Å². The first-order chi connectivity index (χ1) is 10.2. The van der Waals surface area contributed by atoms with Gasteiger partial charge in [-0.1, -0.05) is 30.5 Å². The summed E-state index contributed by atoms with van der Waals surface area (Å²) < 4.78 is 5.46. The summed E-state index contributed by atoms with van der Waals surface area (Å²) in [7, 11) is 2.03. The van der Waals surface area contributed by atoms with E-state index in [2.05, 4.69) is 20.4 Å². The van der Waals surface area contributed by atoms with Crippen LogP contribution in [0.4, 0.5) is 0 Å². The molecule has 1 N–H and O–H groups in total. The Hall–Kier alpha value is -1.75. The summed E-state index contributed by atoms with van der Waals surface area (Å²) in [6, 6.07) is 3.92. The van der Waals surface area contributed by atoms with E-state index in [1.165, 1.54) is 32.1 Å². The van der Waals surface area contributed by atoms with Gasteiger partial charge in [0.1, 0.15) is 5.69 Å². The van der Waals surface area contributed by atoms with Crippen LogP contribution in [0.25, 0.3) is 11.5 Å².